The number of nitrogens with one attached hydrogen (secondary N) is 1. The summed E-state index contributed by atoms with van der Waals surface area (Å²) in [4.78, 5) is 14.0. The van der Waals surface area contributed by atoms with Crippen LogP contribution in [-0.2, 0) is 15.6 Å². The normalized spacial score (nSPS) is 20.8. The molecule has 2 heterocycles. The fraction of sp³-hybridized carbons (Fsp3) is 0.688. The number of piperidine rings is 1. The van der Waals surface area contributed by atoms with Crippen molar-refractivity contribution in [3.63, 3.8) is 0 Å². The molecule has 23 heavy (non-hydrogen) atoms. The molecule has 1 saturated carbocycles. The lowest BCUT2D eigenvalue weighted by molar-refractivity contribution is 0.183. The van der Waals surface area contributed by atoms with E-state index in [0.717, 1.165) is 12.8 Å². The van der Waals surface area contributed by atoms with Crippen LogP contribution in [0.2, 0.25) is 0 Å². The van der Waals surface area contributed by atoms with Crippen molar-refractivity contribution in [1.29, 1.82) is 0 Å². The molecule has 1 aliphatic carbocycles. The summed E-state index contributed by atoms with van der Waals surface area (Å²) in [6, 6.07) is 3.63. The summed E-state index contributed by atoms with van der Waals surface area (Å²) in [5.41, 5.74) is 0. The van der Waals surface area contributed by atoms with Gasteiger partial charge in [-0.15, -0.1) is 0 Å². The van der Waals surface area contributed by atoms with Crippen molar-refractivity contribution in [3.05, 3.63) is 24.2 Å². The zero-order chi connectivity index (χ0) is 16.3. The average Bonchev–Trinajstić information content (AvgIpc) is 3.21. The van der Waals surface area contributed by atoms with Gasteiger partial charge >= 0.3 is 6.03 Å². The number of amides is 2. The topological polar surface area (TPSA) is 79.6 Å². The van der Waals surface area contributed by atoms with Crippen LogP contribution in [0, 0.1) is 0 Å². The number of hydrogen-bond donors (Lipinski definition) is 1. The Bertz CT molecular complexity index is 613. The van der Waals surface area contributed by atoms with Gasteiger partial charge in [0.1, 0.15) is 11.5 Å². The molecule has 1 aromatic heterocycles. The van der Waals surface area contributed by atoms with Gasteiger partial charge in [-0.25, -0.2) is 13.2 Å². The molecule has 7 heteroatoms. The molecule has 128 valence electrons. The highest BCUT2D eigenvalue weighted by Gasteiger charge is 2.32. The number of carbonyl (C=O) groups excluding carboxylic acids is 1. The first-order chi connectivity index (χ1) is 11.0. The van der Waals surface area contributed by atoms with Crippen molar-refractivity contribution in [2.45, 2.75) is 55.6 Å². The Morgan fingerprint density at radius 3 is 2.52 bits per heavy atom. The molecule has 0 radical (unpaired) electrons. The maximum Gasteiger partial charge on any atom is 0.317 e. The second kappa shape index (κ2) is 6.95. The van der Waals surface area contributed by atoms with Gasteiger partial charge in [0, 0.05) is 19.1 Å². The summed E-state index contributed by atoms with van der Waals surface area (Å²) in [6.07, 6.45) is 6.96. The molecule has 2 amide bonds. The second-order valence-electron chi connectivity index (χ2n) is 6.50. The molecule has 2 fully saturated rings. The van der Waals surface area contributed by atoms with Crippen LogP contribution in [0.1, 0.15) is 44.3 Å². The molecule has 0 spiro atoms. The van der Waals surface area contributed by atoms with Crippen molar-refractivity contribution in [3.8, 4) is 0 Å². The van der Waals surface area contributed by atoms with E-state index in [9.17, 15) is 13.2 Å². The Morgan fingerprint density at radius 1 is 1.22 bits per heavy atom. The lowest BCUT2D eigenvalue weighted by Gasteiger charge is -2.32. The minimum atomic E-state index is -3.23. The van der Waals surface area contributed by atoms with Crippen LogP contribution in [0.4, 0.5) is 4.79 Å². The second-order valence-corrected chi connectivity index (χ2v) is 8.78. The van der Waals surface area contributed by atoms with Crippen LogP contribution in [0.25, 0.3) is 0 Å². The Hall–Kier alpha value is -1.50. The number of likely N-dealkylation sites (tertiary alicyclic amines) is 1. The van der Waals surface area contributed by atoms with E-state index in [0.29, 0.717) is 37.7 Å². The lowest BCUT2D eigenvalue weighted by atomic mass is 10.1. The SMILES string of the molecule is O=C(NC1CCCC1)N1CCC(S(=O)(=O)Cc2ccco2)CC1. The maximum absolute atomic E-state index is 12.4. The van der Waals surface area contributed by atoms with Gasteiger partial charge in [-0.3, -0.25) is 0 Å². The summed E-state index contributed by atoms with van der Waals surface area (Å²) in [5, 5.41) is 2.68. The third kappa shape index (κ3) is 4.07. The molecular weight excluding hydrogens is 316 g/mol. The van der Waals surface area contributed by atoms with Crippen molar-refractivity contribution in [2.75, 3.05) is 13.1 Å². The third-order valence-electron chi connectivity index (χ3n) is 4.84. The van der Waals surface area contributed by atoms with Gasteiger partial charge in [-0.05, 0) is 37.8 Å². The first-order valence-corrected chi connectivity index (χ1v) is 10.1. The zero-order valence-corrected chi connectivity index (χ0v) is 14.1. The Labute approximate surface area is 137 Å². The highest BCUT2D eigenvalue weighted by atomic mass is 32.2. The zero-order valence-electron chi connectivity index (χ0n) is 13.2. The molecule has 3 rings (SSSR count). The number of urea groups is 1. The predicted molar refractivity (Wildman–Crippen MR) is 86.7 cm³/mol. The number of hydrogen-bond acceptors (Lipinski definition) is 4. The number of carbonyl (C=O) groups is 1. The smallest absolute Gasteiger partial charge is 0.317 e. The van der Waals surface area contributed by atoms with Gasteiger partial charge in [-0.2, -0.15) is 0 Å². The summed E-state index contributed by atoms with van der Waals surface area (Å²) >= 11 is 0. The summed E-state index contributed by atoms with van der Waals surface area (Å²) in [5.74, 6) is 0.422. The molecule has 0 bridgehead atoms. The van der Waals surface area contributed by atoms with Gasteiger partial charge < -0.3 is 14.6 Å². The largest absolute Gasteiger partial charge is 0.468 e. The van der Waals surface area contributed by atoms with Crippen LogP contribution in [-0.4, -0.2) is 43.7 Å². The van der Waals surface area contributed by atoms with Crippen LogP contribution in [0.5, 0.6) is 0 Å². The average molecular weight is 340 g/mol. The quantitative estimate of drug-likeness (QED) is 0.912. The van der Waals surface area contributed by atoms with E-state index in [1.54, 1.807) is 17.0 Å². The van der Waals surface area contributed by atoms with Gasteiger partial charge in [0.15, 0.2) is 9.84 Å². The van der Waals surface area contributed by atoms with Gasteiger partial charge in [0.05, 0.1) is 11.5 Å². The Kier molecular flexibility index (Phi) is 4.94. The molecule has 0 unspecified atom stereocenters. The van der Waals surface area contributed by atoms with Crippen LogP contribution < -0.4 is 5.32 Å². The molecule has 0 atom stereocenters. The molecule has 1 aliphatic heterocycles. The summed E-state index contributed by atoms with van der Waals surface area (Å²) in [7, 11) is -3.23. The number of sulfone groups is 1. The molecule has 1 N–H and O–H groups in total. The van der Waals surface area contributed by atoms with Gasteiger partial charge in [0.2, 0.25) is 0 Å². The first kappa shape index (κ1) is 16.4. The molecule has 6 nitrogen and oxygen atoms in total. The highest BCUT2D eigenvalue weighted by molar-refractivity contribution is 7.91. The van der Waals surface area contributed by atoms with Gasteiger partial charge in [0.25, 0.3) is 0 Å². The molecule has 2 aliphatic rings. The van der Waals surface area contributed by atoms with E-state index in [1.165, 1.54) is 19.1 Å². The van der Waals surface area contributed by atoms with Crippen molar-refractivity contribution in [1.82, 2.24) is 10.2 Å². The van der Waals surface area contributed by atoms with Crippen LogP contribution in [0.3, 0.4) is 0 Å². The molecule has 1 saturated heterocycles. The van der Waals surface area contributed by atoms with Crippen molar-refractivity contribution < 1.29 is 17.6 Å². The Balaban J connectivity index is 1.50. The fourth-order valence-electron chi connectivity index (χ4n) is 3.46. The summed E-state index contributed by atoms with van der Waals surface area (Å²) in [6.45, 7) is 1.00. The standard InChI is InChI=1S/C16H24N2O4S/c19-16(17-13-4-1-2-5-13)18-9-7-15(8-10-18)23(20,21)12-14-6-3-11-22-14/h3,6,11,13,15H,1-2,4-5,7-10,12H2,(H,17,19). The van der Waals surface area contributed by atoms with E-state index in [1.807, 2.05) is 0 Å². The number of rotatable bonds is 4. The predicted octanol–water partition coefficient (Wildman–Crippen LogP) is 2.31. The third-order valence-corrected chi connectivity index (χ3v) is 7.02. The van der Waals surface area contributed by atoms with E-state index >= 15 is 0 Å². The van der Waals surface area contributed by atoms with Gasteiger partial charge in [-0.1, -0.05) is 12.8 Å². The maximum atomic E-state index is 12.4. The molecule has 1 aromatic rings. The van der Waals surface area contributed by atoms with Crippen LogP contribution >= 0.6 is 0 Å². The monoisotopic (exact) mass is 340 g/mol. The van der Waals surface area contributed by atoms with Crippen LogP contribution in [0.15, 0.2) is 22.8 Å². The Morgan fingerprint density at radius 2 is 1.91 bits per heavy atom. The fourth-order valence-corrected chi connectivity index (χ4v) is 5.19. The van der Waals surface area contributed by atoms with E-state index in [2.05, 4.69) is 5.32 Å². The van der Waals surface area contributed by atoms with Crippen molar-refractivity contribution >= 4 is 15.9 Å². The first-order valence-electron chi connectivity index (χ1n) is 8.34. The van der Waals surface area contributed by atoms with Crippen molar-refractivity contribution in [2.24, 2.45) is 0 Å². The summed E-state index contributed by atoms with van der Waals surface area (Å²) < 4.78 is 30.0. The minimum Gasteiger partial charge on any atom is -0.468 e. The molecular formula is C16H24N2O4S. The minimum absolute atomic E-state index is 0.0428. The van der Waals surface area contributed by atoms with E-state index in [-0.39, 0.29) is 17.0 Å². The lowest BCUT2D eigenvalue weighted by Crippen LogP contribution is -2.49. The van der Waals surface area contributed by atoms with E-state index < -0.39 is 9.84 Å². The number of furan rings is 1. The molecule has 0 aromatic carbocycles. The van der Waals surface area contributed by atoms with E-state index in [4.69, 9.17) is 4.42 Å². The highest BCUT2D eigenvalue weighted by Crippen LogP contribution is 2.23. The number of nitrogens with zero attached hydrogens (tertiary/aromatic N) is 1.